The molecule has 0 atom stereocenters. The van der Waals surface area contributed by atoms with E-state index in [-0.39, 0.29) is 23.1 Å². The highest BCUT2D eigenvalue weighted by Gasteiger charge is 2.24. The first kappa shape index (κ1) is 20.4. The number of carbonyl (C=O) groups is 2. The highest BCUT2D eigenvalue weighted by molar-refractivity contribution is 6.30. The van der Waals surface area contributed by atoms with E-state index in [9.17, 15) is 9.59 Å². The maximum atomic E-state index is 12.2. The van der Waals surface area contributed by atoms with Crippen molar-refractivity contribution in [3.63, 3.8) is 0 Å². The predicted octanol–water partition coefficient (Wildman–Crippen LogP) is 4.90. The Morgan fingerprint density at radius 1 is 1.13 bits per heavy atom. The van der Waals surface area contributed by atoms with E-state index >= 15 is 0 Å². The molecule has 1 aliphatic rings. The van der Waals surface area contributed by atoms with E-state index < -0.39 is 11.9 Å². The molecule has 0 N–H and O–H groups in total. The number of aliphatic imine (C=N–C) groups is 1. The average molecular weight is 438 g/mol. The maximum absolute atomic E-state index is 12.2. The van der Waals surface area contributed by atoms with Crippen molar-refractivity contribution < 1.29 is 28.2 Å². The predicted molar refractivity (Wildman–Crippen MR) is 113 cm³/mol. The van der Waals surface area contributed by atoms with Crippen LogP contribution in [-0.4, -0.2) is 24.4 Å². The van der Waals surface area contributed by atoms with Crippen LogP contribution in [0, 0.1) is 0 Å². The van der Waals surface area contributed by atoms with Gasteiger partial charge in [0.15, 0.2) is 17.2 Å². The Bertz CT molecular complexity index is 1180. The second kappa shape index (κ2) is 8.89. The molecule has 8 heteroatoms. The van der Waals surface area contributed by atoms with Crippen LogP contribution < -0.4 is 9.47 Å². The van der Waals surface area contributed by atoms with Gasteiger partial charge in [0.25, 0.3) is 0 Å². The fraction of sp³-hybridized carbons (Fsp3) is 0.0870. The molecular weight excluding hydrogens is 422 g/mol. The lowest BCUT2D eigenvalue weighted by Crippen LogP contribution is -2.08. The summed E-state index contributed by atoms with van der Waals surface area (Å²) in [5, 5.41) is 0.570. The average Bonchev–Trinajstić information content (AvgIpc) is 3.41. The molecule has 2 aromatic carbocycles. The molecule has 3 aromatic rings. The quantitative estimate of drug-likeness (QED) is 0.310. The number of halogens is 1. The number of rotatable bonds is 6. The van der Waals surface area contributed by atoms with Crippen LogP contribution in [0.1, 0.15) is 28.6 Å². The Balaban J connectivity index is 1.59. The molecule has 0 amide bonds. The summed E-state index contributed by atoms with van der Waals surface area (Å²) in [6, 6.07) is 14.8. The van der Waals surface area contributed by atoms with E-state index in [1.165, 1.54) is 12.3 Å². The summed E-state index contributed by atoms with van der Waals surface area (Å²) in [4.78, 5) is 28.7. The standard InChI is InChI=1S/C23H16ClNO6/c1-2-28-20-13-14(5-10-18(20)30-23(27)19-4-3-11-29-19)12-17-22(26)31-21(25-17)15-6-8-16(24)9-7-15/h3-13H,2H2,1H3. The minimum Gasteiger partial charge on any atom is -0.490 e. The molecule has 0 bridgehead atoms. The van der Waals surface area contributed by atoms with Crippen molar-refractivity contribution in [3.8, 4) is 11.5 Å². The van der Waals surface area contributed by atoms with Gasteiger partial charge in [-0.15, -0.1) is 0 Å². The van der Waals surface area contributed by atoms with Crippen molar-refractivity contribution in [1.82, 2.24) is 0 Å². The third-order valence-corrected chi connectivity index (χ3v) is 4.46. The molecule has 156 valence electrons. The molecule has 7 nitrogen and oxygen atoms in total. The van der Waals surface area contributed by atoms with E-state index in [1.807, 2.05) is 0 Å². The van der Waals surface area contributed by atoms with Crippen molar-refractivity contribution >= 4 is 35.5 Å². The molecule has 1 aliphatic heterocycles. The van der Waals surface area contributed by atoms with E-state index in [0.717, 1.165) is 0 Å². The topological polar surface area (TPSA) is 87.3 Å². The number of hydrogen-bond acceptors (Lipinski definition) is 7. The lowest BCUT2D eigenvalue weighted by atomic mass is 10.1. The van der Waals surface area contributed by atoms with E-state index in [0.29, 0.717) is 28.5 Å². The number of carbonyl (C=O) groups excluding carboxylic acids is 2. The van der Waals surface area contributed by atoms with Crippen LogP contribution in [0.2, 0.25) is 5.02 Å². The third-order valence-electron chi connectivity index (χ3n) is 4.21. The Labute approximate surface area is 182 Å². The van der Waals surface area contributed by atoms with Gasteiger partial charge in [0.2, 0.25) is 11.7 Å². The summed E-state index contributed by atoms with van der Waals surface area (Å²) in [7, 11) is 0. The fourth-order valence-corrected chi connectivity index (χ4v) is 2.92. The summed E-state index contributed by atoms with van der Waals surface area (Å²) in [6.07, 6.45) is 2.95. The molecule has 31 heavy (non-hydrogen) atoms. The van der Waals surface area contributed by atoms with Crippen LogP contribution in [0.5, 0.6) is 11.5 Å². The largest absolute Gasteiger partial charge is 0.490 e. The van der Waals surface area contributed by atoms with Crippen molar-refractivity contribution in [2.45, 2.75) is 6.92 Å². The van der Waals surface area contributed by atoms with Gasteiger partial charge in [0.1, 0.15) is 0 Å². The van der Waals surface area contributed by atoms with Gasteiger partial charge in [-0.25, -0.2) is 14.6 Å². The van der Waals surface area contributed by atoms with E-state index in [1.54, 1.807) is 61.5 Å². The smallest absolute Gasteiger partial charge is 0.379 e. The summed E-state index contributed by atoms with van der Waals surface area (Å²) >= 11 is 5.89. The van der Waals surface area contributed by atoms with Crippen molar-refractivity contribution in [2.24, 2.45) is 4.99 Å². The van der Waals surface area contributed by atoms with Crippen LogP contribution in [0.15, 0.2) is 76.0 Å². The molecule has 2 heterocycles. The number of esters is 2. The Kier molecular flexibility index (Phi) is 5.86. The van der Waals surface area contributed by atoms with E-state index in [4.69, 9.17) is 30.2 Å². The molecule has 1 aromatic heterocycles. The SMILES string of the molecule is CCOc1cc(C=C2N=C(c3ccc(Cl)cc3)OC2=O)ccc1OC(=O)c1ccco1. The highest BCUT2D eigenvalue weighted by Crippen LogP contribution is 2.31. The second-order valence-electron chi connectivity index (χ2n) is 6.35. The van der Waals surface area contributed by atoms with Crippen LogP contribution in [0.4, 0.5) is 0 Å². The number of cyclic esters (lactones) is 1. The molecular formula is C23H16ClNO6. The number of ether oxygens (including phenoxy) is 3. The van der Waals surface area contributed by atoms with Crippen molar-refractivity contribution in [3.05, 3.63) is 88.5 Å². The normalized spacial score (nSPS) is 14.3. The first-order chi connectivity index (χ1) is 15.0. The monoisotopic (exact) mass is 437 g/mol. The minimum absolute atomic E-state index is 0.0754. The van der Waals surface area contributed by atoms with Gasteiger partial charge in [-0.1, -0.05) is 17.7 Å². The molecule has 0 saturated heterocycles. The lowest BCUT2D eigenvalue weighted by Gasteiger charge is -2.10. The number of benzene rings is 2. The van der Waals surface area contributed by atoms with Gasteiger partial charge in [0, 0.05) is 10.6 Å². The number of hydrogen-bond donors (Lipinski definition) is 0. The van der Waals surface area contributed by atoms with Crippen LogP contribution in [-0.2, 0) is 9.53 Å². The zero-order chi connectivity index (χ0) is 21.8. The maximum Gasteiger partial charge on any atom is 0.379 e. The lowest BCUT2D eigenvalue weighted by molar-refractivity contribution is -0.129. The third kappa shape index (κ3) is 4.67. The molecule has 0 radical (unpaired) electrons. The molecule has 0 spiro atoms. The Hall–Kier alpha value is -3.84. The Morgan fingerprint density at radius 2 is 1.94 bits per heavy atom. The van der Waals surface area contributed by atoms with Crippen LogP contribution >= 0.6 is 11.6 Å². The number of nitrogens with zero attached hydrogens (tertiary/aromatic N) is 1. The summed E-state index contributed by atoms with van der Waals surface area (Å²) < 4.78 is 21.3. The first-order valence-electron chi connectivity index (χ1n) is 9.34. The van der Waals surface area contributed by atoms with Gasteiger partial charge in [-0.05, 0) is 67.1 Å². The van der Waals surface area contributed by atoms with Crippen molar-refractivity contribution in [1.29, 1.82) is 0 Å². The summed E-state index contributed by atoms with van der Waals surface area (Å²) in [5.74, 6) is -0.381. The molecule has 0 saturated carbocycles. The summed E-state index contributed by atoms with van der Waals surface area (Å²) in [6.45, 7) is 2.16. The zero-order valence-electron chi connectivity index (χ0n) is 16.3. The van der Waals surface area contributed by atoms with Gasteiger partial charge in [0.05, 0.1) is 12.9 Å². The van der Waals surface area contributed by atoms with Gasteiger partial charge >= 0.3 is 11.9 Å². The number of furan rings is 1. The molecule has 4 rings (SSSR count). The van der Waals surface area contributed by atoms with Gasteiger partial charge in [-0.2, -0.15) is 0 Å². The fourth-order valence-electron chi connectivity index (χ4n) is 2.79. The first-order valence-corrected chi connectivity index (χ1v) is 9.72. The zero-order valence-corrected chi connectivity index (χ0v) is 17.1. The molecule has 0 unspecified atom stereocenters. The highest BCUT2D eigenvalue weighted by atomic mass is 35.5. The van der Waals surface area contributed by atoms with E-state index in [2.05, 4.69) is 4.99 Å². The molecule has 0 aliphatic carbocycles. The second-order valence-corrected chi connectivity index (χ2v) is 6.79. The molecule has 0 fully saturated rings. The van der Waals surface area contributed by atoms with Crippen molar-refractivity contribution in [2.75, 3.05) is 6.61 Å². The summed E-state index contributed by atoms with van der Waals surface area (Å²) in [5.41, 5.74) is 1.39. The minimum atomic E-state index is -0.645. The van der Waals surface area contributed by atoms with Crippen LogP contribution in [0.3, 0.4) is 0 Å². The van der Waals surface area contributed by atoms with Gasteiger partial charge in [-0.3, -0.25) is 0 Å². The Morgan fingerprint density at radius 3 is 2.65 bits per heavy atom. The van der Waals surface area contributed by atoms with Gasteiger partial charge < -0.3 is 18.6 Å². The van der Waals surface area contributed by atoms with Crippen LogP contribution in [0.25, 0.3) is 6.08 Å².